The summed E-state index contributed by atoms with van der Waals surface area (Å²) in [5.41, 5.74) is 2.20. The van der Waals surface area contributed by atoms with E-state index in [4.69, 9.17) is 10.9 Å². The second kappa shape index (κ2) is 7.05. The molecular formula is C8H10Cl2N2O3. The smallest absolute Gasteiger partial charge is 0.335 e. The molecule has 15 heavy (non-hydrogen) atoms. The van der Waals surface area contributed by atoms with Gasteiger partial charge in [-0.25, -0.2) is 10.6 Å². The molecule has 84 valence electrons. The van der Waals surface area contributed by atoms with Gasteiger partial charge in [-0.3, -0.25) is 10.2 Å². The van der Waals surface area contributed by atoms with Gasteiger partial charge in [-0.15, -0.1) is 24.8 Å². The van der Waals surface area contributed by atoms with Crippen molar-refractivity contribution in [3.05, 3.63) is 35.4 Å². The number of aromatic carboxylic acids is 1. The number of benzene rings is 1. The summed E-state index contributed by atoms with van der Waals surface area (Å²) in [6, 6.07) is 5.61. The molecule has 0 heterocycles. The lowest BCUT2D eigenvalue weighted by Gasteiger charge is -1.99. The average Bonchev–Trinajstić information content (AvgIpc) is 2.17. The Kier molecular flexibility index (Phi) is 7.59. The Morgan fingerprint density at radius 3 is 2.20 bits per heavy atom. The summed E-state index contributed by atoms with van der Waals surface area (Å²) in [6.45, 7) is 0. The maximum Gasteiger partial charge on any atom is 0.335 e. The largest absolute Gasteiger partial charge is 0.478 e. The van der Waals surface area contributed by atoms with Gasteiger partial charge in [-0.05, 0) is 18.2 Å². The first-order chi connectivity index (χ1) is 6.15. The van der Waals surface area contributed by atoms with Crippen molar-refractivity contribution >= 4 is 36.7 Å². The van der Waals surface area contributed by atoms with Crippen LogP contribution < -0.4 is 11.3 Å². The molecule has 0 atom stereocenters. The van der Waals surface area contributed by atoms with E-state index in [1.807, 2.05) is 5.43 Å². The highest BCUT2D eigenvalue weighted by Gasteiger charge is 2.07. The van der Waals surface area contributed by atoms with Gasteiger partial charge >= 0.3 is 5.97 Å². The number of carboxylic acids is 1. The third-order valence-corrected chi connectivity index (χ3v) is 1.50. The highest BCUT2D eigenvalue weighted by molar-refractivity contribution is 5.97. The number of carbonyl (C=O) groups is 2. The van der Waals surface area contributed by atoms with E-state index in [0.29, 0.717) is 0 Å². The zero-order valence-electron chi connectivity index (χ0n) is 7.47. The summed E-state index contributed by atoms with van der Waals surface area (Å²) in [4.78, 5) is 21.5. The number of hydrogen-bond donors (Lipinski definition) is 3. The predicted octanol–water partition coefficient (Wildman–Crippen LogP) is 0.832. The molecule has 0 saturated carbocycles. The average molecular weight is 253 g/mol. The molecule has 0 spiro atoms. The molecule has 0 fully saturated rings. The first kappa shape index (κ1) is 16.1. The molecule has 1 amide bonds. The number of carbonyl (C=O) groups excluding carboxylic acids is 1. The molecule has 0 aliphatic rings. The Balaban J connectivity index is 0. The molecule has 1 aromatic rings. The van der Waals surface area contributed by atoms with Crippen molar-refractivity contribution in [3.8, 4) is 0 Å². The molecule has 0 aromatic heterocycles. The number of nitrogens with one attached hydrogen (secondary N) is 1. The van der Waals surface area contributed by atoms with Gasteiger partial charge in [-0.2, -0.15) is 0 Å². The van der Waals surface area contributed by atoms with Crippen molar-refractivity contribution < 1.29 is 14.7 Å². The molecule has 0 aliphatic heterocycles. The molecule has 1 rings (SSSR count). The number of nitrogen functional groups attached to an aromatic ring is 1. The number of rotatable bonds is 2. The molecule has 4 N–H and O–H groups in total. The van der Waals surface area contributed by atoms with Crippen LogP contribution in [0.5, 0.6) is 0 Å². The van der Waals surface area contributed by atoms with Gasteiger partial charge in [0.15, 0.2) is 0 Å². The van der Waals surface area contributed by atoms with Crippen LogP contribution in [-0.2, 0) is 0 Å². The van der Waals surface area contributed by atoms with Crippen molar-refractivity contribution in [1.29, 1.82) is 0 Å². The van der Waals surface area contributed by atoms with Gasteiger partial charge < -0.3 is 5.11 Å². The predicted molar refractivity (Wildman–Crippen MR) is 59.6 cm³/mol. The Labute approximate surface area is 98.4 Å². The molecule has 0 bridgehead atoms. The minimum Gasteiger partial charge on any atom is -0.478 e. The van der Waals surface area contributed by atoms with Crippen LogP contribution in [0.15, 0.2) is 24.3 Å². The summed E-state index contributed by atoms with van der Waals surface area (Å²) in [5.74, 6) is 3.30. The highest BCUT2D eigenvalue weighted by atomic mass is 35.5. The van der Waals surface area contributed by atoms with E-state index in [1.165, 1.54) is 24.3 Å². The first-order valence-electron chi connectivity index (χ1n) is 3.49. The minimum absolute atomic E-state index is 0. The lowest BCUT2D eigenvalue weighted by Crippen LogP contribution is -2.30. The summed E-state index contributed by atoms with van der Waals surface area (Å²) < 4.78 is 0. The van der Waals surface area contributed by atoms with Crippen LogP contribution in [-0.4, -0.2) is 17.0 Å². The quantitative estimate of drug-likeness (QED) is 0.413. The summed E-state index contributed by atoms with van der Waals surface area (Å²) >= 11 is 0. The van der Waals surface area contributed by atoms with Crippen LogP contribution >= 0.6 is 24.8 Å². The van der Waals surface area contributed by atoms with Crippen LogP contribution in [0.4, 0.5) is 0 Å². The van der Waals surface area contributed by atoms with E-state index >= 15 is 0 Å². The summed E-state index contributed by atoms with van der Waals surface area (Å²) in [7, 11) is 0. The van der Waals surface area contributed by atoms with Crippen molar-refractivity contribution in [2.24, 2.45) is 5.84 Å². The Hall–Kier alpha value is -1.30. The number of amides is 1. The van der Waals surface area contributed by atoms with E-state index in [1.54, 1.807) is 0 Å². The molecular weight excluding hydrogens is 243 g/mol. The van der Waals surface area contributed by atoms with Crippen LogP contribution in [0, 0.1) is 0 Å². The third kappa shape index (κ3) is 4.16. The standard InChI is InChI=1S/C8H8N2O3.2ClH/c9-10-7(11)5-2-1-3-6(4-5)8(12)13;;/h1-4H,9H2,(H,10,11)(H,12,13);2*1H. The number of nitrogens with two attached hydrogens (primary N) is 1. The highest BCUT2D eigenvalue weighted by Crippen LogP contribution is 2.04. The topological polar surface area (TPSA) is 92.4 Å². The normalized spacial score (nSPS) is 8.07. The summed E-state index contributed by atoms with van der Waals surface area (Å²) in [6.07, 6.45) is 0. The zero-order valence-corrected chi connectivity index (χ0v) is 9.10. The lowest BCUT2D eigenvalue weighted by molar-refractivity contribution is 0.0697. The third-order valence-electron chi connectivity index (χ3n) is 1.50. The lowest BCUT2D eigenvalue weighted by atomic mass is 10.1. The Morgan fingerprint density at radius 2 is 1.73 bits per heavy atom. The fourth-order valence-electron chi connectivity index (χ4n) is 0.877. The van der Waals surface area contributed by atoms with Gasteiger partial charge in [0.05, 0.1) is 5.56 Å². The second-order valence-electron chi connectivity index (χ2n) is 2.36. The van der Waals surface area contributed by atoms with Gasteiger partial charge in [0.2, 0.25) is 0 Å². The monoisotopic (exact) mass is 252 g/mol. The molecule has 0 saturated heterocycles. The molecule has 0 radical (unpaired) electrons. The van der Waals surface area contributed by atoms with E-state index in [0.717, 1.165) is 0 Å². The van der Waals surface area contributed by atoms with Gasteiger partial charge in [0.25, 0.3) is 5.91 Å². The van der Waals surface area contributed by atoms with Crippen molar-refractivity contribution in [2.45, 2.75) is 0 Å². The van der Waals surface area contributed by atoms with E-state index in [2.05, 4.69) is 0 Å². The van der Waals surface area contributed by atoms with E-state index in [-0.39, 0.29) is 35.9 Å². The molecule has 5 nitrogen and oxygen atoms in total. The number of hydrazine groups is 1. The van der Waals surface area contributed by atoms with E-state index in [9.17, 15) is 9.59 Å². The van der Waals surface area contributed by atoms with Crippen LogP contribution in [0.1, 0.15) is 20.7 Å². The SMILES string of the molecule is Cl.Cl.NNC(=O)c1cccc(C(=O)O)c1. The Bertz CT molecular complexity index is 357. The van der Waals surface area contributed by atoms with E-state index < -0.39 is 11.9 Å². The fourth-order valence-corrected chi connectivity index (χ4v) is 0.877. The van der Waals surface area contributed by atoms with Gasteiger partial charge in [0.1, 0.15) is 0 Å². The molecule has 0 aliphatic carbocycles. The number of carboxylic acid groups (broad SMARTS) is 1. The fraction of sp³-hybridized carbons (Fsp3) is 0. The van der Waals surface area contributed by atoms with Crippen LogP contribution in [0.3, 0.4) is 0 Å². The maximum absolute atomic E-state index is 11.0. The van der Waals surface area contributed by atoms with Gasteiger partial charge in [-0.1, -0.05) is 6.07 Å². The Morgan fingerprint density at radius 1 is 1.20 bits per heavy atom. The number of hydrogen-bond acceptors (Lipinski definition) is 3. The zero-order chi connectivity index (χ0) is 9.84. The summed E-state index contributed by atoms with van der Waals surface area (Å²) in [5, 5.41) is 8.60. The molecule has 0 unspecified atom stereocenters. The minimum atomic E-state index is -1.08. The van der Waals surface area contributed by atoms with Crippen molar-refractivity contribution in [1.82, 2.24) is 5.43 Å². The maximum atomic E-state index is 11.0. The van der Waals surface area contributed by atoms with Crippen molar-refractivity contribution in [3.63, 3.8) is 0 Å². The first-order valence-corrected chi connectivity index (χ1v) is 3.49. The van der Waals surface area contributed by atoms with Crippen LogP contribution in [0.25, 0.3) is 0 Å². The van der Waals surface area contributed by atoms with Crippen LogP contribution in [0.2, 0.25) is 0 Å². The van der Waals surface area contributed by atoms with Crippen molar-refractivity contribution in [2.75, 3.05) is 0 Å². The van der Waals surface area contributed by atoms with Gasteiger partial charge in [0, 0.05) is 5.56 Å². The number of halogens is 2. The molecule has 1 aromatic carbocycles. The second-order valence-corrected chi connectivity index (χ2v) is 2.36. The molecule has 7 heteroatoms.